The molecule has 0 bridgehead atoms. The van der Waals surface area contributed by atoms with Crippen LogP contribution in [0.4, 0.5) is 0 Å². The lowest BCUT2D eigenvalue weighted by Crippen LogP contribution is -2.44. The first kappa shape index (κ1) is 12.3. The zero-order valence-electron chi connectivity index (χ0n) is 11.1. The number of likely N-dealkylation sites (N-methyl/N-ethyl adjacent to an activating group) is 2. The first-order valence-corrected chi connectivity index (χ1v) is 6.83. The van der Waals surface area contributed by atoms with E-state index >= 15 is 0 Å². The predicted molar refractivity (Wildman–Crippen MR) is 68.7 cm³/mol. The van der Waals surface area contributed by atoms with Crippen molar-refractivity contribution in [2.75, 3.05) is 40.3 Å². The third-order valence-corrected chi connectivity index (χ3v) is 4.56. The van der Waals surface area contributed by atoms with Crippen LogP contribution in [-0.2, 0) is 0 Å². The van der Waals surface area contributed by atoms with Crippen LogP contribution < -0.4 is 5.32 Å². The maximum atomic E-state index is 3.54. The minimum Gasteiger partial charge on any atom is -0.315 e. The minimum atomic E-state index is 0.763. The van der Waals surface area contributed by atoms with Crippen LogP contribution in [-0.4, -0.2) is 62.2 Å². The number of rotatable bonds is 4. The maximum Gasteiger partial charge on any atom is 0.0258 e. The molecule has 0 aromatic heterocycles. The van der Waals surface area contributed by atoms with Crippen LogP contribution in [0, 0.1) is 5.92 Å². The first-order valence-electron chi connectivity index (χ1n) is 6.83. The van der Waals surface area contributed by atoms with Crippen molar-refractivity contribution < 1.29 is 0 Å². The van der Waals surface area contributed by atoms with E-state index in [1.54, 1.807) is 0 Å². The van der Waals surface area contributed by atoms with Crippen LogP contribution in [0.1, 0.15) is 26.2 Å². The second kappa shape index (κ2) is 5.48. The fourth-order valence-corrected chi connectivity index (χ4v) is 3.33. The molecule has 0 spiro atoms. The van der Waals surface area contributed by atoms with Crippen LogP contribution in [0.25, 0.3) is 0 Å². The number of hydrogen-bond donors (Lipinski definition) is 1. The number of hydrogen-bond acceptors (Lipinski definition) is 3. The van der Waals surface area contributed by atoms with Crippen molar-refractivity contribution in [3.05, 3.63) is 0 Å². The van der Waals surface area contributed by atoms with Crippen LogP contribution in [0.5, 0.6) is 0 Å². The molecule has 0 aliphatic carbocycles. The molecule has 94 valence electrons. The van der Waals surface area contributed by atoms with Gasteiger partial charge >= 0.3 is 0 Å². The Kier molecular flexibility index (Phi) is 4.22. The Morgan fingerprint density at radius 3 is 2.81 bits per heavy atom. The Bertz CT molecular complexity index is 219. The molecule has 3 heteroatoms. The molecular formula is C13H27N3. The lowest BCUT2D eigenvalue weighted by atomic mass is 9.99. The Morgan fingerprint density at radius 2 is 2.19 bits per heavy atom. The molecular weight excluding hydrogens is 198 g/mol. The Hall–Kier alpha value is -0.120. The summed E-state index contributed by atoms with van der Waals surface area (Å²) in [5.74, 6) is 0.858. The molecule has 2 aliphatic heterocycles. The summed E-state index contributed by atoms with van der Waals surface area (Å²) < 4.78 is 0. The van der Waals surface area contributed by atoms with Gasteiger partial charge in [-0.05, 0) is 45.9 Å². The molecule has 1 N–H and O–H groups in total. The highest BCUT2D eigenvalue weighted by atomic mass is 15.2. The number of likely N-dealkylation sites (tertiary alicyclic amines) is 1. The van der Waals surface area contributed by atoms with Gasteiger partial charge in [-0.2, -0.15) is 0 Å². The van der Waals surface area contributed by atoms with Crippen molar-refractivity contribution in [3.63, 3.8) is 0 Å². The van der Waals surface area contributed by atoms with E-state index in [9.17, 15) is 0 Å². The highest BCUT2D eigenvalue weighted by molar-refractivity contribution is 4.89. The fourth-order valence-electron chi connectivity index (χ4n) is 3.33. The molecule has 3 atom stereocenters. The second-order valence-electron chi connectivity index (χ2n) is 5.61. The van der Waals surface area contributed by atoms with Crippen LogP contribution in [0.2, 0.25) is 0 Å². The molecule has 3 nitrogen and oxygen atoms in total. The van der Waals surface area contributed by atoms with E-state index in [4.69, 9.17) is 0 Å². The highest BCUT2D eigenvalue weighted by Gasteiger charge is 2.31. The molecule has 16 heavy (non-hydrogen) atoms. The summed E-state index contributed by atoms with van der Waals surface area (Å²) in [6.45, 7) is 7.26. The standard InChI is InChI=1S/C13H27N3/c1-4-11-8-14-9-13(11)16(3)10-12-6-5-7-15(12)2/h11-14H,4-10H2,1-3H3. The largest absolute Gasteiger partial charge is 0.315 e. The molecule has 2 fully saturated rings. The zero-order valence-corrected chi connectivity index (χ0v) is 11.1. The number of nitrogens with zero attached hydrogens (tertiary/aromatic N) is 2. The Balaban J connectivity index is 1.84. The average molecular weight is 225 g/mol. The third-order valence-electron chi connectivity index (χ3n) is 4.56. The van der Waals surface area contributed by atoms with Gasteiger partial charge in [0.1, 0.15) is 0 Å². The van der Waals surface area contributed by atoms with E-state index in [2.05, 4.69) is 36.1 Å². The van der Waals surface area contributed by atoms with Gasteiger partial charge < -0.3 is 15.1 Å². The van der Waals surface area contributed by atoms with E-state index in [1.165, 1.54) is 45.4 Å². The predicted octanol–water partition coefficient (Wildman–Crippen LogP) is 1.01. The molecule has 0 radical (unpaired) electrons. The van der Waals surface area contributed by atoms with Gasteiger partial charge in [-0.25, -0.2) is 0 Å². The third kappa shape index (κ3) is 2.58. The van der Waals surface area contributed by atoms with Gasteiger partial charge in [0.2, 0.25) is 0 Å². The summed E-state index contributed by atoms with van der Waals surface area (Å²) in [6.07, 6.45) is 4.08. The molecule has 2 rings (SSSR count). The van der Waals surface area contributed by atoms with Gasteiger partial charge in [-0.3, -0.25) is 0 Å². The Morgan fingerprint density at radius 1 is 1.38 bits per heavy atom. The van der Waals surface area contributed by atoms with Crippen LogP contribution in [0.15, 0.2) is 0 Å². The van der Waals surface area contributed by atoms with E-state index in [1.807, 2.05) is 0 Å². The number of nitrogens with one attached hydrogen (secondary N) is 1. The molecule has 0 aromatic rings. The van der Waals surface area contributed by atoms with Gasteiger partial charge in [0.15, 0.2) is 0 Å². The molecule has 2 aliphatic rings. The summed E-state index contributed by atoms with van der Waals surface area (Å²) in [6, 6.07) is 1.56. The maximum absolute atomic E-state index is 3.54. The van der Waals surface area contributed by atoms with Crippen molar-refractivity contribution in [1.82, 2.24) is 15.1 Å². The van der Waals surface area contributed by atoms with Gasteiger partial charge in [0.25, 0.3) is 0 Å². The smallest absolute Gasteiger partial charge is 0.0258 e. The van der Waals surface area contributed by atoms with E-state index < -0.39 is 0 Å². The highest BCUT2D eigenvalue weighted by Crippen LogP contribution is 2.21. The minimum absolute atomic E-state index is 0.763. The summed E-state index contributed by atoms with van der Waals surface area (Å²) in [7, 11) is 4.59. The molecule has 0 amide bonds. The van der Waals surface area contributed by atoms with Gasteiger partial charge in [-0.1, -0.05) is 13.3 Å². The van der Waals surface area contributed by atoms with Gasteiger partial charge in [0, 0.05) is 25.2 Å². The van der Waals surface area contributed by atoms with Crippen molar-refractivity contribution in [2.24, 2.45) is 5.92 Å². The van der Waals surface area contributed by atoms with E-state index in [0.717, 1.165) is 18.0 Å². The molecule has 2 saturated heterocycles. The lowest BCUT2D eigenvalue weighted by Gasteiger charge is -2.32. The molecule has 0 aromatic carbocycles. The molecule has 3 unspecified atom stereocenters. The van der Waals surface area contributed by atoms with Crippen molar-refractivity contribution in [1.29, 1.82) is 0 Å². The van der Waals surface area contributed by atoms with Crippen molar-refractivity contribution in [2.45, 2.75) is 38.3 Å². The monoisotopic (exact) mass is 225 g/mol. The molecule has 0 saturated carbocycles. The SMILES string of the molecule is CCC1CNCC1N(C)CC1CCCN1C. The normalized spacial score (nSPS) is 36.4. The average Bonchev–Trinajstić information content (AvgIpc) is 2.87. The summed E-state index contributed by atoms with van der Waals surface area (Å²) in [5.41, 5.74) is 0. The quantitative estimate of drug-likeness (QED) is 0.770. The van der Waals surface area contributed by atoms with Crippen LogP contribution >= 0.6 is 0 Å². The lowest BCUT2D eigenvalue weighted by molar-refractivity contribution is 0.158. The van der Waals surface area contributed by atoms with E-state index in [0.29, 0.717) is 0 Å². The zero-order chi connectivity index (χ0) is 11.5. The summed E-state index contributed by atoms with van der Waals surface area (Å²) >= 11 is 0. The summed E-state index contributed by atoms with van der Waals surface area (Å²) in [4.78, 5) is 5.13. The topological polar surface area (TPSA) is 18.5 Å². The Labute approximate surface area is 100 Å². The van der Waals surface area contributed by atoms with Gasteiger partial charge in [-0.15, -0.1) is 0 Å². The fraction of sp³-hybridized carbons (Fsp3) is 1.00. The van der Waals surface area contributed by atoms with E-state index in [-0.39, 0.29) is 0 Å². The second-order valence-corrected chi connectivity index (χ2v) is 5.61. The first-order chi connectivity index (χ1) is 7.72. The summed E-state index contributed by atoms with van der Waals surface area (Å²) in [5, 5.41) is 3.54. The van der Waals surface area contributed by atoms with Crippen LogP contribution in [0.3, 0.4) is 0 Å². The van der Waals surface area contributed by atoms with Gasteiger partial charge in [0.05, 0.1) is 0 Å². The van der Waals surface area contributed by atoms with Crippen molar-refractivity contribution >= 4 is 0 Å². The van der Waals surface area contributed by atoms with Crippen molar-refractivity contribution in [3.8, 4) is 0 Å². The molecule has 2 heterocycles.